The molecule has 2 aromatic carbocycles. The van der Waals surface area contributed by atoms with Crippen molar-refractivity contribution < 1.29 is 13.9 Å². The smallest absolute Gasteiger partial charge is 0.228 e. The minimum absolute atomic E-state index is 0.0458. The van der Waals surface area contributed by atoms with Gasteiger partial charge >= 0.3 is 0 Å². The molecule has 1 N–H and O–H groups in total. The standard InChI is InChI=1S/C17H15ClFNO2/c1-22-16-7-6-12(8-15(16)18)20-17(21)14-9-13(14)10-2-4-11(19)5-3-10/h2-8,13-14H,9H2,1H3,(H,20,21). The van der Waals surface area contributed by atoms with Crippen molar-refractivity contribution in [2.24, 2.45) is 5.92 Å². The van der Waals surface area contributed by atoms with Crippen LogP contribution in [0, 0.1) is 11.7 Å². The van der Waals surface area contributed by atoms with Gasteiger partial charge in [-0.3, -0.25) is 4.79 Å². The molecule has 0 heterocycles. The second kappa shape index (κ2) is 5.97. The Hall–Kier alpha value is -2.07. The molecule has 3 rings (SSSR count). The van der Waals surface area contributed by atoms with Crippen LogP contribution in [0.5, 0.6) is 5.75 Å². The van der Waals surface area contributed by atoms with Crippen LogP contribution < -0.4 is 10.1 Å². The second-order valence-corrected chi connectivity index (χ2v) is 5.75. The lowest BCUT2D eigenvalue weighted by atomic mass is 10.1. The summed E-state index contributed by atoms with van der Waals surface area (Å²) in [7, 11) is 1.54. The van der Waals surface area contributed by atoms with Gasteiger partial charge in [-0.05, 0) is 48.2 Å². The number of hydrogen-bond acceptors (Lipinski definition) is 2. The molecule has 0 radical (unpaired) electrons. The number of ether oxygens (including phenoxy) is 1. The molecule has 1 fully saturated rings. The van der Waals surface area contributed by atoms with Gasteiger partial charge in [0.1, 0.15) is 11.6 Å². The monoisotopic (exact) mass is 319 g/mol. The largest absolute Gasteiger partial charge is 0.495 e. The predicted molar refractivity (Wildman–Crippen MR) is 83.9 cm³/mol. The molecule has 2 atom stereocenters. The zero-order chi connectivity index (χ0) is 15.7. The van der Waals surface area contributed by atoms with Crippen LogP contribution >= 0.6 is 11.6 Å². The molecular formula is C17H15ClFNO2. The van der Waals surface area contributed by atoms with Crippen LogP contribution in [0.2, 0.25) is 5.02 Å². The Morgan fingerprint density at radius 2 is 2.00 bits per heavy atom. The maximum Gasteiger partial charge on any atom is 0.228 e. The Morgan fingerprint density at radius 1 is 1.27 bits per heavy atom. The highest BCUT2D eigenvalue weighted by atomic mass is 35.5. The summed E-state index contributed by atoms with van der Waals surface area (Å²) in [5.41, 5.74) is 1.63. The van der Waals surface area contributed by atoms with E-state index in [0.717, 1.165) is 12.0 Å². The number of rotatable bonds is 4. The predicted octanol–water partition coefficient (Wildman–Crippen LogP) is 4.23. The third-order valence-corrected chi connectivity index (χ3v) is 4.14. The van der Waals surface area contributed by atoms with E-state index in [4.69, 9.17) is 16.3 Å². The molecule has 114 valence electrons. The lowest BCUT2D eigenvalue weighted by Crippen LogP contribution is -2.14. The quantitative estimate of drug-likeness (QED) is 0.915. The fraction of sp³-hybridized carbons (Fsp3) is 0.235. The van der Waals surface area contributed by atoms with E-state index >= 15 is 0 Å². The molecule has 1 aliphatic rings. The summed E-state index contributed by atoms with van der Waals surface area (Å²) in [6.07, 6.45) is 0.779. The van der Waals surface area contributed by atoms with Crippen LogP contribution in [-0.2, 0) is 4.79 Å². The number of carbonyl (C=O) groups is 1. The number of hydrogen-bond donors (Lipinski definition) is 1. The fourth-order valence-corrected chi connectivity index (χ4v) is 2.80. The Morgan fingerprint density at radius 3 is 2.64 bits per heavy atom. The van der Waals surface area contributed by atoms with Crippen molar-refractivity contribution in [1.82, 2.24) is 0 Å². The van der Waals surface area contributed by atoms with Crippen molar-refractivity contribution in [3.05, 3.63) is 58.9 Å². The number of carbonyl (C=O) groups excluding carboxylic acids is 1. The summed E-state index contributed by atoms with van der Waals surface area (Å²) in [5, 5.41) is 3.30. The minimum atomic E-state index is -0.265. The van der Waals surface area contributed by atoms with Crippen LogP contribution in [0.25, 0.3) is 0 Å². The van der Waals surface area contributed by atoms with Gasteiger partial charge in [-0.25, -0.2) is 4.39 Å². The van der Waals surface area contributed by atoms with E-state index < -0.39 is 0 Å². The summed E-state index contributed by atoms with van der Waals surface area (Å²) < 4.78 is 18.0. The number of nitrogens with one attached hydrogen (secondary N) is 1. The Balaban J connectivity index is 1.64. The molecule has 2 unspecified atom stereocenters. The van der Waals surface area contributed by atoms with Gasteiger partial charge < -0.3 is 10.1 Å². The molecule has 1 saturated carbocycles. The molecule has 3 nitrogen and oxygen atoms in total. The van der Waals surface area contributed by atoms with E-state index in [-0.39, 0.29) is 23.6 Å². The average molecular weight is 320 g/mol. The van der Waals surface area contributed by atoms with Gasteiger partial charge in [-0.2, -0.15) is 0 Å². The molecule has 0 aliphatic heterocycles. The molecular weight excluding hydrogens is 305 g/mol. The normalized spacial score (nSPS) is 19.6. The van der Waals surface area contributed by atoms with Crippen molar-refractivity contribution in [2.75, 3.05) is 12.4 Å². The molecule has 22 heavy (non-hydrogen) atoms. The average Bonchev–Trinajstić information content (AvgIpc) is 3.29. The fourth-order valence-electron chi connectivity index (χ4n) is 2.54. The number of anilines is 1. The molecule has 0 spiro atoms. The van der Waals surface area contributed by atoms with Crippen molar-refractivity contribution in [3.8, 4) is 5.75 Å². The maximum absolute atomic E-state index is 12.9. The van der Waals surface area contributed by atoms with E-state index in [9.17, 15) is 9.18 Å². The van der Waals surface area contributed by atoms with Crippen molar-refractivity contribution >= 4 is 23.2 Å². The second-order valence-electron chi connectivity index (χ2n) is 5.34. The van der Waals surface area contributed by atoms with E-state index in [0.29, 0.717) is 16.5 Å². The first kappa shape index (κ1) is 14.9. The number of amides is 1. The molecule has 0 saturated heterocycles. The van der Waals surface area contributed by atoms with Crippen molar-refractivity contribution in [1.29, 1.82) is 0 Å². The molecule has 1 amide bonds. The highest BCUT2D eigenvalue weighted by molar-refractivity contribution is 6.32. The number of halogens is 2. The van der Waals surface area contributed by atoms with Gasteiger partial charge in [-0.1, -0.05) is 23.7 Å². The highest BCUT2D eigenvalue weighted by Crippen LogP contribution is 2.48. The van der Waals surface area contributed by atoms with E-state index in [2.05, 4.69) is 5.32 Å². The van der Waals surface area contributed by atoms with Gasteiger partial charge in [0.05, 0.1) is 12.1 Å². The first-order valence-corrected chi connectivity index (χ1v) is 7.36. The summed E-state index contributed by atoms with van der Waals surface area (Å²) in [6.45, 7) is 0. The third kappa shape index (κ3) is 3.07. The topological polar surface area (TPSA) is 38.3 Å². The van der Waals surface area contributed by atoms with Gasteiger partial charge in [0.2, 0.25) is 5.91 Å². The van der Waals surface area contributed by atoms with Crippen LogP contribution in [0.15, 0.2) is 42.5 Å². The van der Waals surface area contributed by atoms with Crippen molar-refractivity contribution in [3.63, 3.8) is 0 Å². The Labute approximate surface area is 133 Å². The summed E-state index contributed by atoms with van der Waals surface area (Å²) in [4.78, 5) is 12.2. The SMILES string of the molecule is COc1ccc(NC(=O)C2CC2c2ccc(F)cc2)cc1Cl. The van der Waals surface area contributed by atoms with E-state index in [1.807, 2.05) is 0 Å². The zero-order valence-electron chi connectivity index (χ0n) is 12.0. The number of benzene rings is 2. The Kier molecular flexibility index (Phi) is 4.03. The van der Waals surface area contributed by atoms with Crippen LogP contribution in [-0.4, -0.2) is 13.0 Å². The van der Waals surface area contributed by atoms with E-state index in [1.165, 1.54) is 19.2 Å². The summed E-state index contributed by atoms with van der Waals surface area (Å²) in [5.74, 6) is 0.338. The lowest BCUT2D eigenvalue weighted by molar-refractivity contribution is -0.117. The zero-order valence-corrected chi connectivity index (χ0v) is 12.7. The highest BCUT2D eigenvalue weighted by Gasteiger charge is 2.43. The molecule has 0 aromatic heterocycles. The van der Waals surface area contributed by atoms with Gasteiger partial charge in [-0.15, -0.1) is 0 Å². The summed E-state index contributed by atoms with van der Waals surface area (Å²) in [6, 6.07) is 11.4. The lowest BCUT2D eigenvalue weighted by Gasteiger charge is -2.08. The third-order valence-electron chi connectivity index (χ3n) is 3.84. The first-order chi connectivity index (χ1) is 10.6. The molecule has 2 aromatic rings. The van der Waals surface area contributed by atoms with Crippen LogP contribution in [0.3, 0.4) is 0 Å². The van der Waals surface area contributed by atoms with Crippen LogP contribution in [0.4, 0.5) is 10.1 Å². The minimum Gasteiger partial charge on any atom is -0.495 e. The van der Waals surface area contributed by atoms with Gasteiger partial charge in [0.25, 0.3) is 0 Å². The molecule has 5 heteroatoms. The molecule has 1 aliphatic carbocycles. The van der Waals surface area contributed by atoms with Gasteiger partial charge in [0, 0.05) is 11.6 Å². The van der Waals surface area contributed by atoms with Crippen molar-refractivity contribution in [2.45, 2.75) is 12.3 Å². The van der Waals surface area contributed by atoms with Gasteiger partial charge in [0.15, 0.2) is 0 Å². The molecule has 0 bridgehead atoms. The maximum atomic E-state index is 12.9. The number of methoxy groups -OCH3 is 1. The van der Waals surface area contributed by atoms with Crippen LogP contribution in [0.1, 0.15) is 17.9 Å². The van der Waals surface area contributed by atoms with E-state index in [1.54, 1.807) is 30.3 Å². The summed E-state index contributed by atoms with van der Waals surface area (Å²) >= 11 is 6.04. The first-order valence-electron chi connectivity index (χ1n) is 6.98. The Bertz CT molecular complexity index is 702.